The lowest BCUT2D eigenvalue weighted by Gasteiger charge is -2.34. The highest BCUT2D eigenvalue weighted by Gasteiger charge is 2.28. The van der Waals surface area contributed by atoms with Crippen molar-refractivity contribution in [2.45, 2.75) is 19.5 Å². The minimum absolute atomic E-state index is 0.0801. The van der Waals surface area contributed by atoms with Gasteiger partial charge in [-0.25, -0.2) is 0 Å². The number of pyridine rings is 1. The number of rotatable bonds is 5. The summed E-state index contributed by atoms with van der Waals surface area (Å²) < 4.78 is 7.06. The van der Waals surface area contributed by atoms with Crippen LogP contribution in [0.3, 0.4) is 0 Å². The normalized spacial score (nSPS) is 20.3. The minimum Gasteiger partial charge on any atom is -0.379 e. The van der Waals surface area contributed by atoms with Crippen LogP contribution in [0.1, 0.15) is 27.5 Å². The Kier molecular flexibility index (Phi) is 6.62. The largest absolute Gasteiger partial charge is 0.379 e. The monoisotopic (exact) mass is 410 g/mol. The maximum absolute atomic E-state index is 13.3. The van der Waals surface area contributed by atoms with E-state index in [2.05, 4.69) is 22.3 Å². The van der Waals surface area contributed by atoms with E-state index in [-0.39, 0.29) is 17.5 Å². The smallest absolute Gasteiger partial charge is 0.263 e. The van der Waals surface area contributed by atoms with Crippen LogP contribution in [0.4, 0.5) is 0 Å². The number of nitrogens with one attached hydrogen (secondary N) is 1. The molecule has 7 nitrogen and oxygen atoms in total. The van der Waals surface area contributed by atoms with E-state index in [1.165, 1.54) is 0 Å². The van der Waals surface area contributed by atoms with Crippen molar-refractivity contribution in [3.05, 3.63) is 69.6 Å². The number of ether oxygens (including phenoxy) is 1. The molecule has 1 unspecified atom stereocenters. The van der Waals surface area contributed by atoms with Gasteiger partial charge in [0.05, 0.1) is 13.2 Å². The number of aromatic nitrogens is 1. The Hall–Kier alpha value is -2.48. The van der Waals surface area contributed by atoms with Crippen LogP contribution < -0.4 is 10.9 Å². The number of amides is 1. The molecule has 2 aliphatic heterocycles. The fourth-order valence-electron chi connectivity index (χ4n) is 4.18. The third-order valence-electron chi connectivity index (χ3n) is 6.01. The van der Waals surface area contributed by atoms with Crippen LogP contribution in [0.25, 0.3) is 0 Å². The summed E-state index contributed by atoms with van der Waals surface area (Å²) in [5.74, 6) is -0.166. The van der Waals surface area contributed by atoms with Crippen molar-refractivity contribution in [1.82, 2.24) is 19.7 Å². The lowest BCUT2D eigenvalue weighted by Crippen LogP contribution is -2.49. The zero-order valence-electron chi connectivity index (χ0n) is 17.5. The number of aryl methyl sites for hydroxylation is 1. The Morgan fingerprint density at radius 3 is 2.63 bits per heavy atom. The number of morpholine rings is 1. The van der Waals surface area contributed by atoms with Gasteiger partial charge < -0.3 is 19.5 Å². The number of carbonyl (C=O) groups excluding carboxylic acids is 1. The molecule has 7 heteroatoms. The van der Waals surface area contributed by atoms with Crippen molar-refractivity contribution in [2.24, 2.45) is 0 Å². The number of benzene rings is 1. The number of hydrogen-bond acceptors (Lipinski definition) is 5. The summed E-state index contributed by atoms with van der Waals surface area (Å²) in [5, 5.41) is 3.48. The lowest BCUT2D eigenvalue weighted by atomic mass is 10.0. The first-order valence-electron chi connectivity index (χ1n) is 10.7. The van der Waals surface area contributed by atoms with Gasteiger partial charge in [-0.3, -0.25) is 14.5 Å². The molecule has 1 amide bonds. The predicted molar refractivity (Wildman–Crippen MR) is 116 cm³/mol. The molecule has 2 aromatic rings. The van der Waals surface area contributed by atoms with Gasteiger partial charge in [0.25, 0.3) is 11.5 Å². The maximum atomic E-state index is 13.3. The summed E-state index contributed by atoms with van der Waals surface area (Å²) >= 11 is 0. The Morgan fingerprint density at radius 1 is 1.10 bits per heavy atom. The van der Waals surface area contributed by atoms with Crippen LogP contribution in [-0.2, 0) is 11.3 Å². The van der Waals surface area contributed by atoms with Gasteiger partial charge in [0, 0.05) is 58.1 Å². The van der Waals surface area contributed by atoms with E-state index < -0.39 is 0 Å². The molecule has 1 atom stereocenters. The molecule has 0 bridgehead atoms. The molecular weight excluding hydrogens is 380 g/mol. The van der Waals surface area contributed by atoms with Crippen LogP contribution in [0.2, 0.25) is 0 Å². The van der Waals surface area contributed by atoms with E-state index >= 15 is 0 Å². The van der Waals surface area contributed by atoms with Crippen molar-refractivity contribution < 1.29 is 9.53 Å². The van der Waals surface area contributed by atoms with Gasteiger partial charge in [-0.1, -0.05) is 30.3 Å². The van der Waals surface area contributed by atoms with Crippen LogP contribution in [0.15, 0.2) is 47.4 Å². The Balaban J connectivity index is 1.49. The first kappa shape index (κ1) is 20.8. The molecule has 1 N–H and O–H groups in total. The predicted octanol–water partition coefficient (Wildman–Crippen LogP) is 1.28. The number of carbonyl (C=O) groups is 1. The van der Waals surface area contributed by atoms with Crippen LogP contribution >= 0.6 is 0 Å². The second-order valence-corrected chi connectivity index (χ2v) is 7.99. The first-order valence-corrected chi connectivity index (χ1v) is 10.7. The zero-order valence-corrected chi connectivity index (χ0v) is 17.5. The average Bonchev–Trinajstić information content (AvgIpc) is 2.80. The average molecular weight is 411 g/mol. The molecule has 0 spiro atoms. The summed E-state index contributed by atoms with van der Waals surface area (Å²) in [6.07, 6.45) is 1.80. The number of hydrogen-bond donors (Lipinski definition) is 1. The topological polar surface area (TPSA) is 66.8 Å². The summed E-state index contributed by atoms with van der Waals surface area (Å²) in [6, 6.07) is 12.1. The fourth-order valence-corrected chi connectivity index (χ4v) is 4.18. The Bertz CT molecular complexity index is 922. The molecule has 0 radical (unpaired) electrons. The summed E-state index contributed by atoms with van der Waals surface area (Å²) in [7, 11) is 0. The Morgan fingerprint density at radius 2 is 1.87 bits per heavy atom. The van der Waals surface area contributed by atoms with Gasteiger partial charge in [-0.15, -0.1) is 0 Å². The lowest BCUT2D eigenvalue weighted by molar-refractivity contribution is 0.0362. The molecule has 1 aromatic heterocycles. The summed E-state index contributed by atoms with van der Waals surface area (Å²) in [5.41, 5.74) is 2.00. The first-order chi connectivity index (χ1) is 14.6. The highest BCUT2D eigenvalue weighted by molar-refractivity contribution is 5.95. The summed E-state index contributed by atoms with van der Waals surface area (Å²) in [6.45, 7) is 8.31. The highest BCUT2D eigenvalue weighted by Crippen LogP contribution is 2.18. The van der Waals surface area contributed by atoms with Crippen molar-refractivity contribution >= 4 is 5.91 Å². The number of piperazine rings is 1. The Labute approximate surface area is 177 Å². The van der Waals surface area contributed by atoms with Crippen molar-refractivity contribution in [3.8, 4) is 0 Å². The summed E-state index contributed by atoms with van der Waals surface area (Å²) in [4.78, 5) is 30.6. The van der Waals surface area contributed by atoms with Gasteiger partial charge in [-0.2, -0.15) is 0 Å². The van der Waals surface area contributed by atoms with E-state index in [9.17, 15) is 9.59 Å². The second kappa shape index (κ2) is 9.55. The maximum Gasteiger partial charge on any atom is 0.263 e. The molecule has 4 rings (SSSR count). The molecule has 30 heavy (non-hydrogen) atoms. The van der Waals surface area contributed by atoms with E-state index in [0.29, 0.717) is 31.7 Å². The zero-order chi connectivity index (χ0) is 20.9. The minimum atomic E-state index is -0.192. The molecule has 2 saturated heterocycles. The standard InChI is InChI=1S/C23H30N4O3/c1-18-7-9-26(12-11-25-13-15-30-16-14-25)22(28)21(18)23(29)27-10-8-24-20(17-27)19-5-3-2-4-6-19/h2-7,9,20,24H,8,10-17H2,1H3. The van der Waals surface area contributed by atoms with Crippen LogP contribution in [0.5, 0.6) is 0 Å². The molecule has 2 aliphatic rings. The fraction of sp³-hybridized carbons (Fsp3) is 0.478. The molecule has 0 saturated carbocycles. The molecule has 0 aliphatic carbocycles. The molecule has 160 valence electrons. The quantitative estimate of drug-likeness (QED) is 0.804. The van der Waals surface area contributed by atoms with Crippen LogP contribution in [-0.4, -0.2) is 72.8 Å². The highest BCUT2D eigenvalue weighted by atomic mass is 16.5. The molecule has 2 fully saturated rings. The molecule has 1 aromatic carbocycles. The van der Waals surface area contributed by atoms with Gasteiger partial charge in [0.1, 0.15) is 5.56 Å². The van der Waals surface area contributed by atoms with E-state index in [0.717, 1.165) is 44.0 Å². The third-order valence-corrected chi connectivity index (χ3v) is 6.01. The van der Waals surface area contributed by atoms with Crippen molar-refractivity contribution in [2.75, 3.05) is 52.5 Å². The van der Waals surface area contributed by atoms with Gasteiger partial charge in [-0.05, 0) is 24.1 Å². The van der Waals surface area contributed by atoms with Crippen molar-refractivity contribution in [1.29, 1.82) is 0 Å². The van der Waals surface area contributed by atoms with E-state index in [4.69, 9.17) is 4.74 Å². The van der Waals surface area contributed by atoms with Gasteiger partial charge in [0.15, 0.2) is 0 Å². The number of nitrogens with zero attached hydrogens (tertiary/aromatic N) is 3. The molecular formula is C23H30N4O3. The third kappa shape index (κ3) is 4.64. The van der Waals surface area contributed by atoms with Crippen LogP contribution in [0, 0.1) is 6.92 Å². The van der Waals surface area contributed by atoms with E-state index in [1.807, 2.05) is 36.1 Å². The SMILES string of the molecule is Cc1ccn(CCN2CCOCC2)c(=O)c1C(=O)N1CCNC(c2ccccc2)C1. The van der Waals surface area contributed by atoms with Gasteiger partial charge >= 0.3 is 0 Å². The molecule has 3 heterocycles. The van der Waals surface area contributed by atoms with Crippen molar-refractivity contribution in [3.63, 3.8) is 0 Å². The second-order valence-electron chi connectivity index (χ2n) is 7.99. The van der Waals surface area contributed by atoms with Gasteiger partial charge in [0.2, 0.25) is 0 Å². The van der Waals surface area contributed by atoms with E-state index in [1.54, 1.807) is 10.8 Å².